The lowest BCUT2D eigenvalue weighted by atomic mass is 9.98. The summed E-state index contributed by atoms with van der Waals surface area (Å²) in [6.45, 7) is 2.18. The number of aryl methyl sites for hydroxylation is 1. The van der Waals surface area contributed by atoms with E-state index in [-0.39, 0.29) is 18.7 Å². The normalized spacial score (nSPS) is 24.8. The highest BCUT2D eigenvalue weighted by Crippen LogP contribution is 2.34. The summed E-state index contributed by atoms with van der Waals surface area (Å²) in [6.07, 6.45) is 6.27. The minimum atomic E-state index is -0.115. The fourth-order valence-corrected chi connectivity index (χ4v) is 4.37. The Labute approximate surface area is 164 Å². The van der Waals surface area contributed by atoms with E-state index >= 15 is 0 Å². The van der Waals surface area contributed by atoms with Crippen LogP contribution in [-0.2, 0) is 6.73 Å². The van der Waals surface area contributed by atoms with Crippen LogP contribution in [0.2, 0.25) is 5.02 Å². The number of fused-ring (bicyclic) bond motifs is 2. The van der Waals surface area contributed by atoms with Gasteiger partial charge in [-0.1, -0.05) is 17.7 Å². The molecule has 2 saturated heterocycles. The van der Waals surface area contributed by atoms with Crippen LogP contribution in [0, 0.1) is 6.92 Å². The van der Waals surface area contributed by atoms with Gasteiger partial charge in [-0.05, 0) is 63.4 Å². The molecule has 0 saturated carbocycles. The smallest absolute Gasteiger partial charge is 0.271 e. The van der Waals surface area contributed by atoms with E-state index < -0.39 is 0 Å². The Balaban J connectivity index is 1.33. The number of rotatable bonds is 5. The topological polar surface area (TPSA) is 59.4 Å². The Hall–Kier alpha value is -2.05. The minimum absolute atomic E-state index is 0.115. The monoisotopic (exact) mass is 388 g/mol. The van der Waals surface area contributed by atoms with Crippen molar-refractivity contribution in [3.63, 3.8) is 0 Å². The molecule has 2 aromatic rings. The van der Waals surface area contributed by atoms with Gasteiger partial charge in [0, 0.05) is 24.3 Å². The van der Waals surface area contributed by atoms with Gasteiger partial charge in [0.1, 0.15) is 11.4 Å². The number of nitrogens with one attached hydrogen (secondary N) is 1. The largest absolute Gasteiger partial charge is 0.470 e. The lowest BCUT2D eigenvalue weighted by Crippen LogP contribution is -2.48. The summed E-state index contributed by atoms with van der Waals surface area (Å²) in [5, 5.41) is 8.05. The number of carbonyl (C=O) groups is 1. The summed E-state index contributed by atoms with van der Waals surface area (Å²) in [5.41, 5.74) is 1.49. The van der Waals surface area contributed by atoms with E-state index in [0.717, 1.165) is 18.4 Å². The number of amides is 1. The Kier molecular flexibility index (Phi) is 5.10. The first-order chi connectivity index (χ1) is 13.0. The highest BCUT2D eigenvalue weighted by Gasteiger charge is 2.38. The summed E-state index contributed by atoms with van der Waals surface area (Å²) >= 11 is 6.14. The Morgan fingerprint density at radius 3 is 2.78 bits per heavy atom. The van der Waals surface area contributed by atoms with Crippen LogP contribution < -0.4 is 10.1 Å². The van der Waals surface area contributed by atoms with E-state index in [9.17, 15) is 4.79 Å². The fourth-order valence-electron chi connectivity index (χ4n) is 4.20. The molecule has 0 spiro atoms. The van der Waals surface area contributed by atoms with Crippen molar-refractivity contribution in [2.75, 3.05) is 7.05 Å². The third kappa shape index (κ3) is 3.96. The molecule has 2 atom stereocenters. The first kappa shape index (κ1) is 18.3. The standard InChI is InChI=1S/C20H25ClN4O2/c1-13-3-6-17(21)19(9-13)27-12-25-8-7-18(23-25)20(26)22-14-10-15-4-5-16(11-14)24(15)2/h3,6-9,14-16H,4-5,10-12H2,1-2H3,(H,22,26). The van der Waals surface area contributed by atoms with E-state index in [2.05, 4.69) is 22.4 Å². The molecular formula is C20H25ClN4O2. The van der Waals surface area contributed by atoms with Crippen molar-refractivity contribution in [1.29, 1.82) is 0 Å². The number of hydrogen-bond donors (Lipinski definition) is 1. The average Bonchev–Trinajstić information content (AvgIpc) is 3.18. The van der Waals surface area contributed by atoms with Crippen molar-refractivity contribution < 1.29 is 9.53 Å². The number of aromatic nitrogens is 2. The maximum absolute atomic E-state index is 12.6. The summed E-state index contributed by atoms with van der Waals surface area (Å²) in [4.78, 5) is 15.0. The zero-order valence-electron chi connectivity index (χ0n) is 15.7. The fraction of sp³-hybridized carbons (Fsp3) is 0.500. The number of halogens is 1. The minimum Gasteiger partial charge on any atom is -0.470 e. The predicted molar refractivity (Wildman–Crippen MR) is 104 cm³/mol. The molecule has 2 aliphatic rings. The number of ether oxygens (including phenoxy) is 1. The number of carbonyl (C=O) groups excluding carboxylic acids is 1. The van der Waals surface area contributed by atoms with Crippen molar-refractivity contribution in [2.45, 2.75) is 57.5 Å². The van der Waals surface area contributed by atoms with Crippen LogP contribution in [0.5, 0.6) is 5.75 Å². The van der Waals surface area contributed by atoms with Crippen LogP contribution in [0.25, 0.3) is 0 Å². The van der Waals surface area contributed by atoms with Crippen molar-refractivity contribution in [1.82, 2.24) is 20.0 Å². The average molecular weight is 389 g/mol. The van der Waals surface area contributed by atoms with Gasteiger partial charge in [0.25, 0.3) is 5.91 Å². The van der Waals surface area contributed by atoms with Gasteiger partial charge in [0.15, 0.2) is 6.73 Å². The molecule has 0 radical (unpaired) electrons. The van der Waals surface area contributed by atoms with Crippen LogP contribution in [0.4, 0.5) is 0 Å². The van der Waals surface area contributed by atoms with E-state index in [1.165, 1.54) is 12.8 Å². The van der Waals surface area contributed by atoms with Crippen LogP contribution in [0.3, 0.4) is 0 Å². The van der Waals surface area contributed by atoms with Crippen molar-refractivity contribution >= 4 is 17.5 Å². The molecule has 1 amide bonds. The molecule has 2 fully saturated rings. The maximum atomic E-state index is 12.6. The Morgan fingerprint density at radius 2 is 2.04 bits per heavy atom. The van der Waals surface area contributed by atoms with Gasteiger partial charge in [-0.25, -0.2) is 4.68 Å². The van der Waals surface area contributed by atoms with Crippen molar-refractivity contribution in [2.24, 2.45) is 0 Å². The molecule has 2 unspecified atom stereocenters. The molecule has 1 N–H and O–H groups in total. The molecule has 0 aliphatic carbocycles. The van der Waals surface area contributed by atoms with Gasteiger partial charge in [-0.3, -0.25) is 4.79 Å². The predicted octanol–water partition coefficient (Wildman–Crippen LogP) is 3.24. The number of benzene rings is 1. The van der Waals surface area contributed by atoms with Gasteiger partial charge < -0.3 is 15.0 Å². The van der Waals surface area contributed by atoms with E-state index in [0.29, 0.717) is 28.5 Å². The molecule has 27 heavy (non-hydrogen) atoms. The lowest BCUT2D eigenvalue weighted by Gasteiger charge is -2.36. The summed E-state index contributed by atoms with van der Waals surface area (Å²) in [5.74, 6) is 0.497. The first-order valence-corrected chi connectivity index (χ1v) is 9.82. The van der Waals surface area contributed by atoms with Crippen molar-refractivity contribution in [3.8, 4) is 5.75 Å². The Morgan fingerprint density at radius 1 is 1.30 bits per heavy atom. The second kappa shape index (κ2) is 7.52. The van der Waals surface area contributed by atoms with Crippen LogP contribution in [0.1, 0.15) is 41.7 Å². The lowest BCUT2D eigenvalue weighted by molar-refractivity contribution is 0.0875. The zero-order chi connectivity index (χ0) is 19.0. The molecule has 1 aromatic carbocycles. The SMILES string of the molecule is Cc1ccc(Cl)c(OCn2ccc(C(=O)NC3CC4CCC(C3)N4C)n2)c1. The molecule has 144 valence electrons. The second-order valence-electron chi connectivity index (χ2n) is 7.64. The highest BCUT2D eigenvalue weighted by atomic mass is 35.5. The quantitative estimate of drug-likeness (QED) is 0.854. The van der Waals surface area contributed by atoms with Crippen LogP contribution >= 0.6 is 11.6 Å². The van der Waals surface area contributed by atoms with E-state index in [4.69, 9.17) is 16.3 Å². The molecule has 6 nitrogen and oxygen atoms in total. The maximum Gasteiger partial charge on any atom is 0.271 e. The Bertz CT molecular complexity index is 823. The van der Waals surface area contributed by atoms with Gasteiger partial charge in [0.05, 0.1) is 5.02 Å². The first-order valence-electron chi connectivity index (χ1n) is 9.45. The van der Waals surface area contributed by atoms with Gasteiger partial charge in [-0.15, -0.1) is 0 Å². The van der Waals surface area contributed by atoms with Crippen molar-refractivity contribution in [3.05, 3.63) is 46.7 Å². The van der Waals surface area contributed by atoms with E-state index in [1.54, 1.807) is 16.9 Å². The number of nitrogens with zero attached hydrogens (tertiary/aromatic N) is 3. The van der Waals surface area contributed by atoms with Gasteiger partial charge >= 0.3 is 0 Å². The van der Waals surface area contributed by atoms with E-state index in [1.807, 2.05) is 25.1 Å². The summed E-state index contributed by atoms with van der Waals surface area (Å²) in [7, 11) is 2.20. The van der Waals surface area contributed by atoms with Gasteiger partial charge in [-0.2, -0.15) is 5.10 Å². The highest BCUT2D eigenvalue weighted by molar-refractivity contribution is 6.32. The molecule has 3 heterocycles. The third-order valence-corrected chi connectivity index (χ3v) is 6.06. The number of hydrogen-bond acceptors (Lipinski definition) is 4. The molecule has 2 bridgehead atoms. The van der Waals surface area contributed by atoms with Crippen LogP contribution in [-0.4, -0.2) is 45.8 Å². The molecule has 2 aliphatic heterocycles. The third-order valence-electron chi connectivity index (χ3n) is 5.75. The molecule has 4 rings (SSSR count). The molecule has 7 heteroatoms. The molecule has 1 aromatic heterocycles. The van der Waals surface area contributed by atoms with Gasteiger partial charge in [0.2, 0.25) is 0 Å². The second-order valence-corrected chi connectivity index (χ2v) is 8.05. The summed E-state index contributed by atoms with van der Waals surface area (Å²) < 4.78 is 7.33. The molecular weight excluding hydrogens is 364 g/mol. The number of piperidine rings is 1. The zero-order valence-corrected chi connectivity index (χ0v) is 16.4. The summed E-state index contributed by atoms with van der Waals surface area (Å²) in [6, 6.07) is 8.77. The van der Waals surface area contributed by atoms with Crippen LogP contribution in [0.15, 0.2) is 30.5 Å².